The number of thioether (sulfide) groups is 1. The Labute approximate surface area is 123 Å². The third kappa shape index (κ3) is 4.02. The molecular weight excluding hydrogens is 280 g/mol. The molecule has 2 heterocycles. The van der Waals surface area contributed by atoms with E-state index in [2.05, 4.69) is 10.6 Å². The third-order valence-electron chi connectivity index (χ3n) is 4.00. The minimum Gasteiger partial charge on any atom is -0.480 e. The lowest BCUT2D eigenvalue weighted by atomic mass is 9.90. The van der Waals surface area contributed by atoms with Crippen LogP contribution in [0.15, 0.2) is 0 Å². The summed E-state index contributed by atoms with van der Waals surface area (Å²) in [6.07, 6.45) is 2.86. The van der Waals surface area contributed by atoms with Gasteiger partial charge in [-0.15, -0.1) is 0 Å². The number of carbonyl (C=O) groups is 2. The minimum atomic E-state index is -1.18. The number of carbonyl (C=O) groups excluding carboxylic acids is 1. The van der Waals surface area contributed by atoms with Gasteiger partial charge in [0, 0.05) is 32.6 Å². The number of nitrogens with one attached hydrogen (secondary N) is 2. The lowest BCUT2D eigenvalue weighted by Crippen LogP contribution is -2.60. The molecule has 0 radical (unpaired) electrons. The molecule has 3 N–H and O–H groups in total. The molecule has 7 heteroatoms. The number of rotatable bonds is 4. The Kier molecular flexibility index (Phi) is 5.54. The SMILES string of the molecule is O=C(NCC1CCSCC1)NC1(C(=O)O)CCOCC1. The molecule has 0 aliphatic carbocycles. The van der Waals surface area contributed by atoms with Gasteiger partial charge in [0.2, 0.25) is 0 Å². The van der Waals surface area contributed by atoms with Crippen LogP contribution in [0.2, 0.25) is 0 Å². The summed E-state index contributed by atoms with van der Waals surface area (Å²) >= 11 is 1.94. The van der Waals surface area contributed by atoms with Crippen LogP contribution in [0.4, 0.5) is 4.79 Å². The Balaban J connectivity index is 1.80. The van der Waals surface area contributed by atoms with Gasteiger partial charge in [-0.2, -0.15) is 11.8 Å². The molecule has 6 nitrogen and oxygen atoms in total. The van der Waals surface area contributed by atoms with Crippen molar-refractivity contribution in [1.82, 2.24) is 10.6 Å². The first-order valence-corrected chi connectivity index (χ1v) is 8.23. The van der Waals surface area contributed by atoms with Gasteiger partial charge in [0.25, 0.3) is 0 Å². The predicted molar refractivity (Wildman–Crippen MR) is 77.0 cm³/mol. The second-order valence-corrected chi connectivity index (χ2v) is 6.62. The van der Waals surface area contributed by atoms with Gasteiger partial charge in [0.1, 0.15) is 5.54 Å². The van der Waals surface area contributed by atoms with E-state index >= 15 is 0 Å². The summed E-state index contributed by atoms with van der Waals surface area (Å²) in [7, 11) is 0. The normalized spacial score (nSPS) is 23.0. The van der Waals surface area contributed by atoms with Crippen LogP contribution >= 0.6 is 11.8 Å². The molecule has 0 aromatic carbocycles. The molecule has 0 unspecified atom stereocenters. The summed E-state index contributed by atoms with van der Waals surface area (Å²) in [5.74, 6) is 1.82. The molecule has 2 aliphatic rings. The number of hydrogen-bond acceptors (Lipinski definition) is 4. The fourth-order valence-electron chi connectivity index (χ4n) is 2.56. The number of amides is 2. The molecular formula is C13H22N2O4S. The second-order valence-electron chi connectivity index (χ2n) is 5.39. The van der Waals surface area contributed by atoms with Crippen molar-refractivity contribution in [2.24, 2.45) is 5.92 Å². The molecule has 20 heavy (non-hydrogen) atoms. The zero-order valence-corrected chi connectivity index (χ0v) is 12.3. The average Bonchev–Trinajstić information content (AvgIpc) is 2.47. The summed E-state index contributed by atoms with van der Waals surface area (Å²) in [5.41, 5.74) is -1.18. The van der Waals surface area contributed by atoms with Crippen molar-refractivity contribution < 1.29 is 19.4 Å². The third-order valence-corrected chi connectivity index (χ3v) is 5.05. The standard InChI is InChI=1S/C13H22N2O4S/c16-11(17)13(3-5-19-6-4-13)15-12(18)14-9-10-1-7-20-8-2-10/h10H,1-9H2,(H,16,17)(H2,14,15,18). The summed E-state index contributed by atoms with van der Waals surface area (Å²) in [6, 6.07) is -0.382. The monoisotopic (exact) mass is 302 g/mol. The Bertz CT molecular complexity index is 352. The lowest BCUT2D eigenvalue weighted by Gasteiger charge is -2.34. The molecule has 0 spiro atoms. The maximum Gasteiger partial charge on any atom is 0.329 e. The molecule has 114 valence electrons. The molecule has 2 aliphatic heterocycles. The fraction of sp³-hybridized carbons (Fsp3) is 0.846. The molecule has 2 amide bonds. The van der Waals surface area contributed by atoms with Crippen molar-refractivity contribution in [3.8, 4) is 0 Å². The van der Waals surface area contributed by atoms with Crippen molar-refractivity contribution in [2.75, 3.05) is 31.3 Å². The summed E-state index contributed by atoms with van der Waals surface area (Å²) in [6.45, 7) is 1.36. The van der Waals surface area contributed by atoms with E-state index in [0.717, 1.165) is 24.3 Å². The van der Waals surface area contributed by atoms with E-state index in [9.17, 15) is 14.7 Å². The number of carboxylic acid groups (broad SMARTS) is 1. The maximum absolute atomic E-state index is 11.9. The van der Waals surface area contributed by atoms with Crippen molar-refractivity contribution in [2.45, 2.75) is 31.2 Å². The largest absolute Gasteiger partial charge is 0.480 e. The van der Waals surface area contributed by atoms with E-state index < -0.39 is 11.5 Å². The van der Waals surface area contributed by atoms with Crippen LogP contribution in [0.3, 0.4) is 0 Å². The van der Waals surface area contributed by atoms with Gasteiger partial charge in [-0.25, -0.2) is 9.59 Å². The highest BCUT2D eigenvalue weighted by molar-refractivity contribution is 7.99. The first kappa shape index (κ1) is 15.4. The van der Waals surface area contributed by atoms with E-state index in [4.69, 9.17) is 4.74 Å². The molecule has 2 fully saturated rings. The van der Waals surface area contributed by atoms with Gasteiger partial charge < -0.3 is 20.5 Å². The quantitative estimate of drug-likeness (QED) is 0.723. The zero-order valence-electron chi connectivity index (χ0n) is 11.5. The van der Waals surface area contributed by atoms with Crippen LogP contribution in [0.1, 0.15) is 25.7 Å². The van der Waals surface area contributed by atoms with Crippen LogP contribution in [0, 0.1) is 5.92 Å². The highest BCUT2D eigenvalue weighted by Crippen LogP contribution is 2.23. The maximum atomic E-state index is 11.9. The molecule has 0 saturated carbocycles. The Morgan fingerprint density at radius 2 is 1.90 bits per heavy atom. The molecule has 2 rings (SSSR count). The second kappa shape index (κ2) is 7.17. The number of carboxylic acids is 1. The summed E-state index contributed by atoms with van der Waals surface area (Å²) < 4.78 is 5.17. The van der Waals surface area contributed by atoms with Crippen molar-refractivity contribution in [1.29, 1.82) is 0 Å². The van der Waals surface area contributed by atoms with Gasteiger partial charge >= 0.3 is 12.0 Å². The molecule has 0 aromatic heterocycles. The highest BCUT2D eigenvalue weighted by atomic mass is 32.2. The molecule has 0 atom stereocenters. The van der Waals surface area contributed by atoms with E-state index in [1.165, 1.54) is 0 Å². The Morgan fingerprint density at radius 1 is 1.25 bits per heavy atom. The first-order chi connectivity index (χ1) is 9.62. The van der Waals surface area contributed by atoms with Crippen LogP contribution in [0.5, 0.6) is 0 Å². The van der Waals surface area contributed by atoms with Crippen LogP contribution in [0.25, 0.3) is 0 Å². The average molecular weight is 302 g/mol. The zero-order chi connectivity index (χ0) is 14.4. The van der Waals surface area contributed by atoms with Crippen molar-refractivity contribution in [3.05, 3.63) is 0 Å². The van der Waals surface area contributed by atoms with Crippen LogP contribution < -0.4 is 10.6 Å². The van der Waals surface area contributed by atoms with E-state index in [-0.39, 0.29) is 6.03 Å². The van der Waals surface area contributed by atoms with Gasteiger partial charge in [-0.1, -0.05) is 0 Å². The lowest BCUT2D eigenvalue weighted by molar-refractivity contribution is -0.148. The van der Waals surface area contributed by atoms with Gasteiger partial charge in [0.05, 0.1) is 0 Å². The number of aliphatic carboxylic acids is 1. The molecule has 0 bridgehead atoms. The van der Waals surface area contributed by atoms with Crippen LogP contribution in [-0.2, 0) is 9.53 Å². The van der Waals surface area contributed by atoms with Crippen LogP contribution in [-0.4, -0.2) is 53.9 Å². The molecule has 2 saturated heterocycles. The summed E-state index contributed by atoms with van der Waals surface area (Å²) in [4.78, 5) is 23.3. The topological polar surface area (TPSA) is 87.7 Å². The predicted octanol–water partition coefficient (Wildman–Crippen LogP) is 1.06. The van der Waals surface area contributed by atoms with E-state index in [1.54, 1.807) is 0 Å². The number of ether oxygens (including phenoxy) is 1. The van der Waals surface area contributed by atoms with Gasteiger partial charge in [-0.05, 0) is 30.3 Å². The minimum absolute atomic E-state index is 0.315. The first-order valence-electron chi connectivity index (χ1n) is 7.07. The number of urea groups is 1. The fourth-order valence-corrected chi connectivity index (χ4v) is 3.77. The highest BCUT2D eigenvalue weighted by Gasteiger charge is 2.41. The van der Waals surface area contributed by atoms with Gasteiger partial charge in [-0.3, -0.25) is 0 Å². The van der Waals surface area contributed by atoms with E-state index in [0.29, 0.717) is 38.5 Å². The molecule has 0 aromatic rings. The van der Waals surface area contributed by atoms with Gasteiger partial charge in [0.15, 0.2) is 0 Å². The smallest absolute Gasteiger partial charge is 0.329 e. The Hall–Kier alpha value is -0.950. The Morgan fingerprint density at radius 3 is 2.50 bits per heavy atom. The van der Waals surface area contributed by atoms with E-state index in [1.807, 2.05) is 11.8 Å². The number of hydrogen-bond donors (Lipinski definition) is 3. The van der Waals surface area contributed by atoms with Crippen molar-refractivity contribution in [3.63, 3.8) is 0 Å². The summed E-state index contributed by atoms with van der Waals surface area (Å²) in [5, 5.41) is 14.8. The van der Waals surface area contributed by atoms with Crippen molar-refractivity contribution >= 4 is 23.8 Å².